The van der Waals surface area contributed by atoms with Gasteiger partial charge in [0.15, 0.2) is 0 Å². The molecule has 1 N–H and O–H groups in total. The fourth-order valence-electron chi connectivity index (χ4n) is 2.12. The third-order valence-corrected chi connectivity index (χ3v) is 3.67. The predicted molar refractivity (Wildman–Crippen MR) is 83.3 cm³/mol. The minimum atomic E-state index is -0.251. The molecule has 0 saturated carbocycles. The van der Waals surface area contributed by atoms with E-state index in [1.807, 2.05) is 17.9 Å². The summed E-state index contributed by atoms with van der Waals surface area (Å²) >= 11 is 3.36. The Labute approximate surface area is 127 Å². The van der Waals surface area contributed by atoms with Crippen LogP contribution in [0.1, 0.15) is 32.0 Å². The molecule has 0 aliphatic rings. The zero-order valence-electron chi connectivity index (χ0n) is 12.2. The molecule has 2 aromatic rings. The Morgan fingerprint density at radius 2 is 2.05 bits per heavy atom. The van der Waals surface area contributed by atoms with Gasteiger partial charge in [-0.3, -0.25) is 4.68 Å². The molecular formula is C15H19BrFN3. The molecule has 0 bridgehead atoms. The number of hydrogen-bond acceptors (Lipinski definition) is 2. The molecule has 0 aliphatic carbocycles. The van der Waals surface area contributed by atoms with Gasteiger partial charge in [-0.05, 0) is 34.1 Å². The summed E-state index contributed by atoms with van der Waals surface area (Å²) in [6.07, 6.45) is 2.02. The summed E-state index contributed by atoms with van der Waals surface area (Å²) in [5.74, 6) is -0.251. The molecule has 0 fully saturated rings. The SMILES string of the molecule is Cn1cc(CNc2ccc(F)cc2Br)c(C(C)(C)C)n1. The van der Waals surface area contributed by atoms with Crippen molar-refractivity contribution >= 4 is 21.6 Å². The van der Waals surface area contributed by atoms with E-state index < -0.39 is 0 Å². The van der Waals surface area contributed by atoms with Crippen molar-refractivity contribution in [3.8, 4) is 0 Å². The van der Waals surface area contributed by atoms with E-state index in [0.29, 0.717) is 6.54 Å². The van der Waals surface area contributed by atoms with Crippen LogP contribution in [-0.2, 0) is 19.0 Å². The first-order chi connectivity index (χ1) is 9.27. The molecule has 108 valence electrons. The summed E-state index contributed by atoms with van der Waals surface area (Å²) in [4.78, 5) is 0. The van der Waals surface area contributed by atoms with Crippen LogP contribution in [0.25, 0.3) is 0 Å². The molecule has 0 spiro atoms. The largest absolute Gasteiger partial charge is 0.380 e. The van der Waals surface area contributed by atoms with Crippen molar-refractivity contribution in [2.24, 2.45) is 7.05 Å². The second-order valence-electron chi connectivity index (χ2n) is 5.90. The van der Waals surface area contributed by atoms with Crippen molar-refractivity contribution in [1.29, 1.82) is 0 Å². The molecule has 1 aromatic heterocycles. The molecule has 0 aliphatic heterocycles. The summed E-state index contributed by atoms with van der Waals surface area (Å²) in [7, 11) is 1.92. The third-order valence-electron chi connectivity index (χ3n) is 3.02. The van der Waals surface area contributed by atoms with Gasteiger partial charge in [0, 0.05) is 40.9 Å². The maximum atomic E-state index is 13.1. The molecule has 0 atom stereocenters. The van der Waals surface area contributed by atoms with Gasteiger partial charge in [0.1, 0.15) is 5.82 Å². The summed E-state index contributed by atoms with van der Waals surface area (Å²) in [6, 6.07) is 4.63. The van der Waals surface area contributed by atoms with E-state index in [4.69, 9.17) is 0 Å². The fraction of sp³-hybridized carbons (Fsp3) is 0.400. The van der Waals surface area contributed by atoms with Crippen LogP contribution in [0, 0.1) is 5.82 Å². The van der Waals surface area contributed by atoms with E-state index in [2.05, 4.69) is 47.1 Å². The molecule has 0 unspecified atom stereocenters. The monoisotopic (exact) mass is 339 g/mol. The average molecular weight is 340 g/mol. The molecular weight excluding hydrogens is 321 g/mol. The Bertz CT molecular complexity index is 614. The van der Waals surface area contributed by atoms with Crippen molar-refractivity contribution in [3.63, 3.8) is 0 Å². The van der Waals surface area contributed by atoms with Crippen molar-refractivity contribution in [2.45, 2.75) is 32.7 Å². The average Bonchev–Trinajstić information content (AvgIpc) is 2.69. The molecule has 0 amide bonds. The van der Waals surface area contributed by atoms with Crippen molar-refractivity contribution in [1.82, 2.24) is 9.78 Å². The maximum absolute atomic E-state index is 13.1. The molecule has 5 heteroatoms. The molecule has 20 heavy (non-hydrogen) atoms. The van der Waals surface area contributed by atoms with Gasteiger partial charge in [-0.1, -0.05) is 20.8 Å². The van der Waals surface area contributed by atoms with Crippen LogP contribution < -0.4 is 5.32 Å². The molecule has 1 aromatic carbocycles. The number of benzene rings is 1. The Hall–Kier alpha value is -1.36. The van der Waals surface area contributed by atoms with Crippen molar-refractivity contribution in [3.05, 3.63) is 45.9 Å². The van der Waals surface area contributed by atoms with Gasteiger partial charge in [0.05, 0.1) is 5.69 Å². The number of halogens is 2. The second kappa shape index (κ2) is 5.56. The quantitative estimate of drug-likeness (QED) is 0.906. The van der Waals surface area contributed by atoms with Gasteiger partial charge in [-0.15, -0.1) is 0 Å². The molecule has 0 saturated heterocycles. The van der Waals surface area contributed by atoms with Gasteiger partial charge in [0.25, 0.3) is 0 Å². The number of anilines is 1. The zero-order valence-corrected chi connectivity index (χ0v) is 13.8. The molecule has 3 nitrogen and oxygen atoms in total. The lowest BCUT2D eigenvalue weighted by Crippen LogP contribution is -2.16. The van der Waals surface area contributed by atoms with Gasteiger partial charge in [-0.25, -0.2) is 4.39 Å². The molecule has 1 heterocycles. The first-order valence-electron chi connectivity index (χ1n) is 6.49. The number of aryl methyl sites for hydroxylation is 1. The third kappa shape index (κ3) is 3.39. The molecule has 2 rings (SSSR count). The van der Waals surface area contributed by atoms with E-state index >= 15 is 0 Å². The standard InChI is InChI=1S/C15H19BrFN3/c1-15(2,3)14-10(9-20(4)19-14)8-18-13-6-5-11(17)7-12(13)16/h5-7,9,18H,8H2,1-4H3. The van der Waals surface area contributed by atoms with E-state index in [1.165, 1.54) is 12.1 Å². The zero-order chi connectivity index (χ0) is 14.9. The van der Waals surface area contributed by atoms with Crippen LogP contribution in [0.2, 0.25) is 0 Å². The van der Waals surface area contributed by atoms with E-state index in [-0.39, 0.29) is 11.2 Å². The lowest BCUT2D eigenvalue weighted by molar-refractivity contribution is 0.549. The van der Waals surface area contributed by atoms with Gasteiger partial charge in [-0.2, -0.15) is 5.10 Å². The summed E-state index contributed by atoms with van der Waals surface area (Å²) in [5, 5.41) is 7.85. The summed E-state index contributed by atoms with van der Waals surface area (Å²) < 4.78 is 15.6. The number of nitrogens with zero attached hydrogens (tertiary/aromatic N) is 2. The van der Waals surface area contributed by atoms with Gasteiger partial charge < -0.3 is 5.32 Å². The van der Waals surface area contributed by atoms with Crippen molar-refractivity contribution < 1.29 is 4.39 Å². The summed E-state index contributed by atoms with van der Waals surface area (Å²) in [5.41, 5.74) is 3.09. The van der Waals surface area contributed by atoms with Crippen molar-refractivity contribution in [2.75, 3.05) is 5.32 Å². The fourth-order valence-corrected chi connectivity index (χ4v) is 2.61. The maximum Gasteiger partial charge on any atom is 0.124 e. The highest BCUT2D eigenvalue weighted by Gasteiger charge is 2.21. The molecule has 0 radical (unpaired) electrons. The van der Waals surface area contributed by atoms with Crippen LogP contribution in [0.5, 0.6) is 0 Å². The highest BCUT2D eigenvalue weighted by Crippen LogP contribution is 2.27. The number of nitrogens with one attached hydrogen (secondary N) is 1. The smallest absolute Gasteiger partial charge is 0.124 e. The highest BCUT2D eigenvalue weighted by molar-refractivity contribution is 9.10. The summed E-state index contributed by atoms with van der Waals surface area (Å²) in [6.45, 7) is 7.09. The topological polar surface area (TPSA) is 29.9 Å². The lowest BCUT2D eigenvalue weighted by atomic mass is 9.89. The van der Waals surface area contributed by atoms with E-state index in [1.54, 1.807) is 6.07 Å². The number of hydrogen-bond donors (Lipinski definition) is 1. The second-order valence-corrected chi connectivity index (χ2v) is 6.76. The van der Waals surface area contributed by atoms with Crippen LogP contribution in [0.3, 0.4) is 0 Å². The highest BCUT2D eigenvalue weighted by atomic mass is 79.9. The minimum Gasteiger partial charge on any atom is -0.380 e. The minimum absolute atomic E-state index is 0.00169. The van der Waals surface area contributed by atoms with E-state index in [9.17, 15) is 4.39 Å². The first kappa shape index (κ1) is 15.0. The number of rotatable bonds is 3. The van der Waals surface area contributed by atoms with Crippen LogP contribution >= 0.6 is 15.9 Å². The Balaban J connectivity index is 2.19. The van der Waals surface area contributed by atoms with Gasteiger partial charge >= 0.3 is 0 Å². The Morgan fingerprint density at radius 1 is 1.35 bits per heavy atom. The first-order valence-corrected chi connectivity index (χ1v) is 7.28. The normalized spacial score (nSPS) is 11.7. The van der Waals surface area contributed by atoms with E-state index in [0.717, 1.165) is 21.4 Å². The number of aromatic nitrogens is 2. The Morgan fingerprint density at radius 3 is 2.65 bits per heavy atom. The van der Waals surface area contributed by atoms with Gasteiger partial charge in [0.2, 0.25) is 0 Å². The van der Waals surface area contributed by atoms with Crippen LogP contribution in [0.15, 0.2) is 28.9 Å². The lowest BCUT2D eigenvalue weighted by Gasteiger charge is -2.18. The van der Waals surface area contributed by atoms with Crippen LogP contribution in [-0.4, -0.2) is 9.78 Å². The van der Waals surface area contributed by atoms with Crippen LogP contribution in [0.4, 0.5) is 10.1 Å². The predicted octanol–water partition coefficient (Wildman–Crippen LogP) is 4.23. The Kier molecular flexibility index (Phi) is 4.18.